The van der Waals surface area contributed by atoms with Gasteiger partial charge in [0.1, 0.15) is 11.8 Å². The second-order valence-corrected chi connectivity index (χ2v) is 6.74. The van der Waals surface area contributed by atoms with Crippen LogP contribution in [0.1, 0.15) is 24.1 Å². The number of ether oxygens (including phenoxy) is 1. The number of hydrogen-bond donors (Lipinski definition) is 2. The van der Waals surface area contributed by atoms with E-state index in [0.717, 1.165) is 0 Å². The Morgan fingerprint density at radius 1 is 1.24 bits per heavy atom. The Kier molecular flexibility index (Phi) is 5.56. The Morgan fingerprint density at radius 2 is 1.96 bits per heavy atom. The van der Waals surface area contributed by atoms with Crippen LogP contribution in [0.3, 0.4) is 0 Å². The standard InChI is InChI=1S/C16H15F2N3O3S/c1-10(11-3-2-4-13(7-11)24-16(17)18)21-15-6-5-14(25(20,22)23)8-12(15)9-19/h2-8,10,16,21H,1H3,(H2,20,22,23). The van der Waals surface area contributed by atoms with Crippen LogP contribution < -0.4 is 15.2 Å². The Hall–Kier alpha value is -2.70. The zero-order valence-electron chi connectivity index (χ0n) is 13.1. The van der Waals surface area contributed by atoms with Crippen molar-refractivity contribution >= 4 is 15.7 Å². The Morgan fingerprint density at radius 3 is 2.56 bits per heavy atom. The smallest absolute Gasteiger partial charge is 0.387 e. The van der Waals surface area contributed by atoms with E-state index >= 15 is 0 Å². The molecular weight excluding hydrogens is 352 g/mol. The van der Waals surface area contributed by atoms with Gasteiger partial charge in [0, 0.05) is 6.04 Å². The first-order valence-corrected chi connectivity index (χ1v) is 8.63. The summed E-state index contributed by atoms with van der Waals surface area (Å²) in [5.74, 6) is 0.0197. The van der Waals surface area contributed by atoms with Gasteiger partial charge in [-0.05, 0) is 42.8 Å². The normalized spacial score (nSPS) is 12.5. The number of halogens is 2. The number of sulfonamides is 1. The Balaban J connectivity index is 2.26. The third-order valence-electron chi connectivity index (χ3n) is 3.40. The molecule has 0 aliphatic heterocycles. The van der Waals surface area contributed by atoms with Crippen molar-refractivity contribution in [2.75, 3.05) is 5.32 Å². The van der Waals surface area contributed by atoms with Crippen molar-refractivity contribution in [1.82, 2.24) is 0 Å². The van der Waals surface area contributed by atoms with Crippen molar-refractivity contribution in [1.29, 1.82) is 5.26 Å². The maximum absolute atomic E-state index is 12.3. The fourth-order valence-electron chi connectivity index (χ4n) is 2.20. The van der Waals surface area contributed by atoms with E-state index < -0.39 is 16.6 Å². The third-order valence-corrected chi connectivity index (χ3v) is 4.31. The molecule has 132 valence electrons. The summed E-state index contributed by atoms with van der Waals surface area (Å²) in [5.41, 5.74) is 1.14. The molecule has 0 radical (unpaired) electrons. The van der Waals surface area contributed by atoms with Crippen LogP contribution >= 0.6 is 0 Å². The van der Waals surface area contributed by atoms with Gasteiger partial charge in [-0.3, -0.25) is 0 Å². The van der Waals surface area contributed by atoms with Crippen LogP contribution in [0.25, 0.3) is 0 Å². The molecule has 3 N–H and O–H groups in total. The van der Waals surface area contributed by atoms with Crippen LogP contribution in [-0.4, -0.2) is 15.0 Å². The van der Waals surface area contributed by atoms with E-state index in [1.54, 1.807) is 19.1 Å². The predicted molar refractivity (Wildman–Crippen MR) is 87.6 cm³/mol. The van der Waals surface area contributed by atoms with E-state index in [-0.39, 0.29) is 22.3 Å². The van der Waals surface area contributed by atoms with Crippen molar-refractivity contribution in [2.24, 2.45) is 5.14 Å². The summed E-state index contributed by atoms with van der Waals surface area (Å²) in [5, 5.41) is 17.3. The number of primary sulfonamides is 1. The van der Waals surface area contributed by atoms with Crippen LogP contribution in [0.15, 0.2) is 47.4 Å². The van der Waals surface area contributed by atoms with Crippen LogP contribution in [0.5, 0.6) is 5.75 Å². The highest BCUT2D eigenvalue weighted by atomic mass is 32.2. The first kappa shape index (κ1) is 18.6. The van der Waals surface area contributed by atoms with E-state index in [9.17, 15) is 22.5 Å². The van der Waals surface area contributed by atoms with Gasteiger partial charge >= 0.3 is 6.61 Å². The molecule has 6 nitrogen and oxygen atoms in total. The monoisotopic (exact) mass is 367 g/mol. The molecule has 25 heavy (non-hydrogen) atoms. The van der Waals surface area contributed by atoms with Gasteiger partial charge in [-0.2, -0.15) is 14.0 Å². The van der Waals surface area contributed by atoms with Gasteiger partial charge in [0.2, 0.25) is 10.0 Å². The summed E-state index contributed by atoms with van der Waals surface area (Å²) in [6, 6.07) is 11.6. The van der Waals surface area contributed by atoms with E-state index in [4.69, 9.17) is 5.14 Å². The second-order valence-electron chi connectivity index (χ2n) is 5.18. The molecular formula is C16H15F2N3O3S. The van der Waals surface area contributed by atoms with Gasteiger partial charge in [-0.1, -0.05) is 12.1 Å². The molecule has 0 aliphatic carbocycles. The molecule has 1 unspecified atom stereocenters. The molecule has 2 aromatic carbocycles. The topological polar surface area (TPSA) is 105 Å². The molecule has 0 amide bonds. The molecule has 9 heteroatoms. The van der Waals surface area contributed by atoms with Crippen molar-refractivity contribution in [3.8, 4) is 11.8 Å². The number of alkyl halides is 2. The van der Waals surface area contributed by atoms with Gasteiger partial charge in [0.15, 0.2) is 0 Å². The lowest BCUT2D eigenvalue weighted by molar-refractivity contribution is -0.0498. The molecule has 0 aromatic heterocycles. The lowest BCUT2D eigenvalue weighted by Gasteiger charge is -2.18. The minimum Gasteiger partial charge on any atom is -0.435 e. The van der Waals surface area contributed by atoms with Crippen molar-refractivity contribution in [3.63, 3.8) is 0 Å². The van der Waals surface area contributed by atoms with Crippen LogP contribution in [0.4, 0.5) is 14.5 Å². The minimum absolute atomic E-state index is 0.0197. The molecule has 1 atom stereocenters. The summed E-state index contributed by atoms with van der Waals surface area (Å²) in [6.45, 7) is -1.16. The lowest BCUT2D eigenvalue weighted by atomic mass is 10.1. The summed E-state index contributed by atoms with van der Waals surface area (Å²) in [7, 11) is -3.92. The lowest BCUT2D eigenvalue weighted by Crippen LogP contribution is -2.13. The van der Waals surface area contributed by atoms with Crippen LogP contribution in [0.2, 0.25) is 0 Å². The van der Waals surface area contributed by atoms with Crippen molar-refractivity contribution in [3.05, 3.63) is 53.6 Å². The molecule has 0 aliphatic rings. The average molecular weight is 367 g/mol. The molecule has 0 fully saturated rings. The van der Waals surface area contributed by atoms with Crippen molar-refractivity contribution < 1.29 is 21.9 Å². The quantitative estimate of drug-likeness (QED) is 0.816. The highest BCUT2D eigenvalue weighted by Crippen LogP contribution is 2.26. The van der Waals surface area contributed by atoms with Crippen molar-refractivity contribution in [2.45, 2.75) is 24.5 Å². The summed E-state index contributed by atoms with van der Waals surface area (Å²) >= 11 is 0. The van der Waals surface area contributed by atoms with Gasteiger partial charge in [0.25, 0.3) is 0 Å². The van der Waals surface area contributed by atoms with Gasteiger partial charge < -0.3 is 10.1 Å². The number of benzene rings is 2. The molecule has 0 saturated heterocycles. The molecule has 0 spiro atoms. The zero-order valence-corrected chi connectivity index (χ0v) is 13.9. The third kappa shape index (κ3) is 4.89. The van der Waals surface area contributed by atoms with Gasteiger partial charge in [-0.15, -0.1) is 0 Å². The summed E-state index contributed by atoms with van der Waals surface area (Å²) in [6.07, 6.45) is 0. The Labute approximate surface area is 143 Å². The number of rotatable bonds is 6. The first-order valence-electron chi connectivity index (χ1n) is 7.09. The molecule has 2 rings (SSSR count). The zero-order chi connectivity index (χ0) is 18.6. The van der Waals surface area contributed by atoms with E-state index in [1.165, 1.54) is 30.3 Å². The van der Waals surface area contributed by atoms with E-state index in [2.05, 4.69) is 10.1 Å². The first-order chi connectivity index (χ1) is 11.7. The number of nitrogens with zero attached hydrogens (tertiary/aromatic N) is 1. The van der Waals surface area contributed by atoms with Gasteiger partial charge in [0.05, 0.1) is 16.1 Å². The molecule has 2 aromatic rings. The van der Waals surface area contributed by atoms with Crippen LogP contribution in [-0.2, 0) is 10.0 Å². The SMILES string of the molecule is CC(Nc1ccc(S(N)(=O)=O)cc1C#N)c1cccc(OC(F)F)c1. The molecule has 0 heterocycles. The Bertz CT molecular complexity index is 911. The number of nitriles is 1. The van der Waals surface area contributed by atoms with Gasteiger partial charge in [-0.25, -0.2) is 13.6 Å². The average Bonchev–Trinajstić information content (AvgIpc) is 2.53. The van der Waals surface area contributed by atoms with E-state index in [0.29, 0.717) is 11.3 Å². The second kappa shape index (κ2) is 7.46. The number of nitrogens with one attached hydrogen (secondary N) is 1. The highest BCUT2D eigenvalue weighted by Gasteiger charge is 2.14. The fourth-order valence-corrected chi connectivity index (χ4v) is 2.74. The minimum atomic E-state index is -3.92. The fraction of sp³-hybridized carbons (Fsp3) is 0.188. The number of hydrogen-bond acceptors (Lipinski definition) is 5. The number of nitrogens with two attached hydrogens (primary N) is 1. The number of anilines is 1. The van der Waals surface area contributed by atoms with Crippen LogP contribution in [0, 0.1) is 11.3 Å². The maximum Gasteiger partial charge on any atom is 0.387 e. The van der Waals surface area contributed by atoms with E-state index in [1.807, 2.05) is 6.07 Å². The predicted octanol–water partition coefficient (Wildman–Crippen LogP) is 2.98. The summed E-state index contributed by atoms with van der Waals surface area (Å²) < 4.78 is 51.7. The summed E-state index contributed by atoms with van der Waals surface area (Å²) in [4.78, 5) is -0.172. The highest BCUT2D eigenvalue weighted by molar-refractivity contribution is 7.89. The molecule has 0 saturated carbocycles. The maximum atomic E-state index is 12.3. The largest absolute Gasteiger partial charge is 0.435 e. The molecule has 0 bridgehead atoms.